The van der Waals surface area contributed by atoms with Crippen LogP contribution in [0.5, 0.6) is 0 Å². The lowest BCUT2D eigenvalue weighted by molar-refractivity contribution is -0.138. The minimum atomic E-state index is -4.41. The average molecular weight is 375 g/mol. The molecule has 27 heavy (non-hydrogen) atoms. The molecule has 1 saturated heterocycles. The third-order valence-electron chi connectivity index (χ3n) is 5.26. The van der Waals surface area contributed by atoms with Gasteiger partial charge in [-0.05, 0) is 48.9 Å². The molecule has 4 rings (SSSR count). The Kier molecular flexibility index (Phi) is 4.53. The lowest BCUT2D eigenvalue weighted by atomic mass is 10.0. The highest BCUT2D eigenvalue weighted by Gasteiger charge is 2.47. The van der Waals surface area contributed by atoms with Gasteiger partial charge in [-0.15, -0.1) is 0 Å². The summed E-state index contributed by atoms with van der Waals surface area (Å²) in [5.41, 5.74) is 0.565. The number of carbonyl (C=O) groups is 1. The molecule has 0 spiro atoms. The van der Waals surface area contributed by atoms with Crippen LogP contribution in [0, 0.1) is 5.92 Å². The van der Waals surface area contributed by atoms with Crippen LogP contribution in [0.1, 0.15) is 36.3 Å². The molecule has 4 nitrogen and oxygen atoms in total. The summed E-state index contributed by atoms with van der Waals surface area (Å²) in [7, 11) is 0. The van der Waals surface area contributed by atoms with Crippen LogP contribution in [0.25, 0.3) is 0 Å². The third-order valence-corrected chi connectivity index (χ3v) is 5.26. The van der Waals surface area contributed by atoms with E-state index in [2.05, 4.69) is 15.2 Å². The van der Waals surface area contributed by atoms with E-state index in [0.29, 0.717) is 12.2 Å². The number of amides is 1. The van der Waals surface area contributed by atoms with Crippen molar-refractivity contribution in [3.8, 4) is 0 Å². The number of nitrogens with zero attached hydrogens (tertiary/aromatic N) is 2. The van der Waals surface area contributed by atoms with E-state index in [9.17, 15) is 18.0 Å². The minimum absolute atomic E-state index is 0.197. The van der Waals surface area contributed by atoms with E-state index in [-0.39, 0.29) is 11.5 Å². The number of pyridine rings is 1. The molecule has 2 heterocycles. The highest BCUT2D eigenvalue weighted by Crippen LogP contribution is 2.51. The van der Waals surface area contributed by atoms with Gasteiger partial charge in [0.15, 0.2) is 0 Å². The Morgan fingerprint density at radius 3 is 2.52 bits per heavy atom. The van der Waals surface area contributed by atoms with Gasteiger partial charge in [-0.1, -0.05) is 18.2 Å². The Morgan fingerprint density at radius 2 is 1.85 bits per heavy atom. The molecule has 1 N–H and O–H groups in total. The summed E-state index contributed by atoms with van der Waals surface area (Å²) in [4.78, 5) is 18.9. The molecule has 1 amide bonds. The zero-order valence-corrected chi connectivity index (χ0v) is 14.7. The quantitative estimate of drug-likeness (QED) is 0.859. The van der Waals surface area contributed by atoms with Gasteiger partial charge in [-0.25, -0.2) is 4.98 Å². The average Bonchev–Trinajstić information content (AvgIpc) is 3.27. The molecule has 1 aliphatic carbocycles. The summed E-state index contributed by atoms with van der Waals surface area (Å²) < 4.78 is 39.5. The largest absolute Gasteiger partial charge is 0.416 e. The molecule has 1 saturated carbocycles. The van der Waals surface area contributed by atoms with Gasteiger partial charge in [0.25, 0.3) is 0 Å². The lowest BCUT2D eigenvalue weighted by Gasteiger charge is -2.17. The predicted octanol–water partition coefficient (Wildman–Crippen LogP) is 4.44. The molecule has 2 fully saturated rings. The topological polar surface area (TPSA) is 45.2 Å². The number of alkyl halides is 3. The fourth-order valence-corrected chi connectivity index (χ4v) is 3.75. The second-order valence-electron chi connectivity index (χ2n) is 7.12. The number of nitrogens with one attached hydrogen (secondary N) is 1. The molecule has 142 valence electrons. The summed E-state index contributed by atoms with van der Waals surface area (Å²) in [6.07, 6.45) is 0.0735. The number of aromatic nitrogens is 1. The molecule has 2 aromatic rings. The van der Waals surface area contributed by atoms with E-state index in [1.54, 1.807) is 18.3 Å². The lowest BCUT2D eigenvalue weighted by Crippen LogP contribution is -2.19. The van der Waals surface area contributed by atoms with Crippen LogP contribution < -0.4 is 10.2 Å². The summed E-state index contributed by atoms with van der Waals surface area (Å²) >= 11 is 0. The van der Waals surface area contributed by atoms with E-state index in [0.717, 1.165) is 24.8 Å². The van der Waals surface area contributed by atoms with E-state index in [4.69, 9.17) is 0 Å². The number of rotatable bonds is 4. The second-order valence-corrected chi connectivity index (χ2v) is 7.12. The van der Waals surface area contributed by atoms with Crippen molar-refractivity contribution in [1.82, 2.24) is 4.98 Å². The first kappa shape index (κ1) is 17.8. The first-order chi connectivity index (χ1) is 12.9. The Bertz CT molecular complexity index is 829. The number of halogens is 3. The van der Waals surface area contributed by atoms with Crippen LogP contribution in [0.15, 0.2) is 42.6 Å². The monoisotopic (exact) mass is 375 g/mol. The third kappa shape index (κ3) is 3.77. The van der Waals surface area contributed by atoms with Crippen molar-refractivity contribution in [2.24, 2.45) is 5.92 Å². The van der Waals surface area contributed by atoms with Crippen molar-refractivity contribution < 1.29 is 18.0 Å². The molecular weight excluding hydrogens is 355 g/mol. The van der Waals surface area contributed by atoms with E-state index < -0.39 is 23.6 Å². The summed E-state index contributed by atoms with van der Waals surface area (Å²) in [6, 6.07) is 9.14. The number of hydrogen-bond donors (Lipinski definition) is 1. The molecule has 2 aliphatic rings. The second kappa shape index (κ2) is 6.87. The standard InChI is InChI=1S/C20H20F3N3O/c21-20(22,23)17-6-2-1-5-14(17)15-11-16(15)19(27)25-18-8-7-13(12-24-18)26-9-3-4-10-26/h1-2,5-8,12,15-16H,3-4,9-11H2,(H,24,25,27)/t15-,16-/m0/s1. The molecule has 2 atom stereocenters. The van der Waals surface area contributed by atoms with E-state index in [1.807, 2.05) is 6.07 Å². The number of hydrogen-bond acceptors (Lipinski definition) is 3. The van der Waals surface area contributed by atoms with Crippen molar-refractivity contribution >= 4 is 17.4 Å². The van der Waals surface area contributed by atoms with Crippen molar-refractivity contribution in [3.05, 3.63) is 53.7 Å². The van der Waals surface area contributed by atoms with Gasteiger partial charge in [0.1, 0.15) is 5.82 Å². The van der Waals surface area contributed by atoms with Gasteiger partial charge in [-0.2, -0.15) is 13.2 Å². The Hall–Kier alpha value is -2.57. The molecular formula is C20H20F3N3O. The normalized spacial score (nSPS) is 22.0. The van der Waals surface area contributed by atoms with Crippen molar-refractivity contribution in [2.45, 2.75) is 31.4 Å². The Labute approximate surface area is 155 Å². The fraction of sp³-hybridized carbons (Fsp3) is 0.400. The van der Waals surface area contributed by atoms with Crippen LogP contribution in [-0.2, 0) is 11.0 Å². The summed E-state index contributed by atoms with van der Waals surface area (Å²) in [5, 5.41) is 2.73. The van der Waals surface area contributed by atoms with Crippen LogP contribution in [-0.4, -0.2) is 24.0 Å². The molecule has 1 aromatic carbocycles. The van der Waals surface area contributed by atoms with Gasteiger partial charge < -0.3 is 10.2 Å². The van der Waals surface area contributed by atoms with Gasteiger partial charge >= 0.3 is 6.18 Å². The van der Waals surface area contributed by atoms with Crippen molar-refractivity contribution in [3.63, 3.8) is 0 Å². The Balaban J connectivity index is 1.41. The first-order valence-corrected chi connectivity index (χ1v) is 9.11. The van der Waals surface area contributed by atoms with Crippen molar-refractivity contribution in [1.29, 1.82) is 0 Å². The Morgan fingerprint density at radius 1 is 1.11 bits per heavy atom. The van der Waals surface area contributed by atoms with Gasteiger partial charge in [0, 0.05) is 19.0 Å². The minimum Gasteiger partial charge on any atom is -0.370 e. The van der Waals surface area contributed by atoms with Crippen molar-refractivity contribution in [2.75, 3.05) is 23.3 Å². The fourth-order valence-electron chi connectivity index (χ4n) is 3.75. The molecule has 1 aliphatic heterocycles. The van der Waals surface area contributed by atoms with Gasteiger partial charge in [0.05, 0.1) is 17.4 Å². The SMILES string of the molecule is O=C(Nc1ccc(N2CCCC2)cn1)[C@H]1C[C@H]1c1ccccc1C(F)(F)F. The highest BCUT2D eigenvalue weighted by molar-refractivity contribution is 5.94. The van der Waals surface area contributed by atoms with Crippen LogP contribution >= 0.6 is 0 Å². The maximum absolute atomic E-state index is 13.2. The van der Waals surface area contributed by atoms with Crippen LogP contribution in [0.2, 0.25) is 0 Å². The molecule has 0 radical (unpaired) electrons. The van der Waals surface area contributed by atoms with Gasteiger partial charge in [0.2, 0.25) is 5.91 Å². The maximum Gasteiger partial charge on any atom is 0.416 e. The predicted molar refractivity (Wildman–Crippen MR) is 96.6 cm³/mol. The summed E-state index contributed by atoms with van der Waals surface area (Å²) in [5.74, 6) is -0.698. The maximum atomic E-state index is 13.2. The zero-order valence-electron chi connectivity index (χ0n) is 14.7. The molecule has 1 aromatic heterocycles. The summed E-state index contributed by atoms with van der Waals surface area (Å²) in [6.45, 7) is 2.02. The highest BCUT2D eigenvalue weighted by atomic mass is 19.4. The number of benzene rings is 1. The molecule has 0 bridgehead atoms. The van der Waals surface area contributed by atoms with E-state index >= 15 is 0 Å². The molecule has 7 heteroatoms. The first-order valence-electron chi connectivity index (χ1n) is 9.11. The smallest absolute Gasteiger partial charge is 0.370 e. The number of carbonyl (C=O) groups excluding carboxylic acids is 1. The zero-order chi connectivity index (χ0) is 19.0. The van der Waals surface area contributed by atoms with Crippen LogP contribution in [0.3, 0.4) is 0 Å². The van der Waals surface area contributed by atoms with E-state index in [1.165, 1.54) is 25.0 Å². The molecule has 0 unspecified atom stereocenters. The van der Waals surface area contributed by atoms with Crippen LogP contribution in [0.4, 0.5) is 24.7 Å². The number of anilines is 2. The van der Waals surface area contributed by atoms with Gasteiger partial charge in [-0.3, -0.25) is 4.79 Å².